The maximum atomic E-state index is 13.0. The van der Waals surface area contributed by atoms with Crippen LogP contribution in [0, 0.1) is 11.3 Å². The summed E-state index contributed by atoms with van der Waals surface area (Å²) in [5, 5.41) is 12.3. The number of rotatable bonds is 4. The highest BCUT2D eigenvalue weighted by Gasteiger charge is 2.40. The molecular formula is C13H15F3N4O3. The van der Waals surface area contributed by atoms with Gasteiger partial charge in [-0.3, -0.25) is 9.58 Å². The number of carbonyl (C=O) groups is 1. The number of aromatic nitrogens is 2. The Morgan fingerprint density at radius 1 is 1.61 bits per heavy atom. The molecule has 0 spiro atoms. The lowest BCUT2D eigenvalue weighted by molar-refractivity contribution is -0.142. The van der Waals surface area contributed by atoms with Gasteiger partial charge in [0, 0.05) is 19.3 Å². The molecule has 1 aromatic heterocycles. The number of alkyl halides is 3. The van der Waals surface area contributed by atoms with Crippen molar-refractivity contribution in [3.05, 3.63) is 17.5 Å². The molecule has 0 saturated carbocycles. The fraction of sp³-hybridized carbons (Fsp3) is 0.615. The predicted octanol–water partition coefficient (Wildman–Crippen LogP) is 1.26. The van der Waals surface area contributed by atoms with Crippen molar-refractivity contribution in [2.75, 3.05) is 26.3 Å². The molecule has 126 valence electrons. The molecule has 1 saturated heterocycles. The first-order valence-electron chi connectivity index (χ1n) is 6.90. The second-order valence-electron chi connectivity index (χ2n) is 4.86. The normalized spacial score (nSPS) is 19.3. The second kappa shape index (κ2) is 6.97. The van der Waals surface area contributed by atoms with Crippen LogP contribution in [0.3, 0.4) is 0 Å². The monoisotopic (exact) mass is 332 g/mol. The molecule has 0 aromatic carbocycles. The van der Waals surface area contributed by atoms with Crippen LogP contribution in [0.2, 0.25) is 0 Å². The molecule has 0 amide bonds. The van der Waals surface area contributed by atoms with Crippen LogP contribution in [-0.4, -0.2) is 53.1 Å². The van der Waals surface area contributed by atoms with Gasteiger partial charge in [0.25, 0.3) is 0 Å². The summed E-state index contributed by atoms with van der Waals surface area (Å²) in [5.74, 6) is -1.07. The van der Waals surface area contributed by atoms with Crippen LogP contribution in [0.5, 0.6) is 0 Å². The second-order valence-corrected chi connectivity index (χ2v) is 4.86. The summed E-state index contributed by atoms with van der Waals surface area (Å²) >= 11 is 0. The van der Waals surface area contributed by atoms with Crippen molar-refractivity contribution >= 4 is 5.97 Å². The van der Waals surface area contributed by atoms with E-state index in [9.17, 15) is 18.0 Å². The van der Waals surface area contributed by atoms with E-state index in [0.29, 0.717) is 13.2 Å². The van der Waals surface area contributed by atoms with Gasteiger partial charge in [0.2, 0.25) is 0 Å². The van der Waals surface area contributed by atoms with Crippen LogP contribution in [0.1, 0.15) is 23.0 Å². The van der Waals surface area contributed by atoms with E-state index in [1.807, 2.05) is 6.07 Å². The van der Waals surface area contributed by atoms with Crippen LogP contribution in [0.15, 0.2) is 6.20 Å². The van der Waals surface area contributed by atoms with Gasteiger partial charge in [-0.15, -0.1) is 0 Å². The van der Waals surface area contributed by atoms with E-state index < -0.39 is 29.5 Å². The van der Waals surface area contributed by atoms with Crippen LogP contribution >= 0.6 is 0 Å². The predicted molar refractivity (Wildman–Crippen MR) is 70.1 cm³/mol. The van der Waals surface area contributed by atoms with Crippen LogP contribution in [0.25, 0.3) is 0 Å². The van der Waals surface area contributed by atoms with Gasteiger partial charge in [-0.1, -0.05) is 0 Å². The Morgan fingerprint density at radius 2 is 2.35 bits per heavy atom. The minimum absolute atomic E-state index is 0.0179. The average molecular weight is 332 g/mol. The average Bonchev–Trinajstić information content (AvgIpc) is 2.92. The number of hydrogen-bond donors (Lipinski definition) is 0. The van der Waals surface area contributed by atoms with E-state index in [1.165, 1.54) is 6.92 Å². The van der Waals surface area contributed by atoms with E-state index in [1.54, 1.807) is 4.90 Å². The number of nitrogens with zero attached hydrogens (tertiary/aromatic N) is 4. The van der Waals surface area contributed by atoms with Crippen molar-refractivity contribution in [1.82, 2.24) is 14.7 Å². The highest BCUT2D eigenvalue weighted by atomic mass is 19.4. The lowest BCUT2D eigenvalue weighted by Crippen LogP contribution is -2.42. The molecule has 0 N–H and O–H groups in total. The summed E-state index contributed by atoms with van der Waals surface area (Å²) in [6.07, 6.45) is -4.38. The molecule has 1 aliphatic heterocycles. The van der Waals surface area contributed by atoms with Gasteiger partial charge in [0.1, 0.15) is 5.56 Å². The van der Waals surface area contributed by atoms with Gasteiger partial charge in [-0.05, 0) is 6.92 Å². The Morgan fingerprint density at radius 3 is 2.96 bits per heavy atom. The van der Waals surface area contributed by atoms with Gasteiger partial charge < -0.3 is 9.47 Å². The van der Waals surface area contributed by atoms with E-state index in [2.05, 4.69) is 9.84 Å². The standard InChI is InChI=1S/C13H15F3N4O3/c1-2-22-12(21)10-7-20(18-11(10)13(14,15)16)8-19-3-4-23-9(5-17)6-19/h7,9H,2-4,6,8H2,1H3/t9-/m0/s1. The number of nitriles is 1. The van der Waals surface area contributed by atoms with Crippen LogP contribution in [0.4, 0.5) is 13.2 Å². The zero-order valence-corrected chi connectivity index (χ0v) is 12.3. The maximum absolute atomic E-state index is 13.0. The Kier molecular flexibility index (Phi) is 5.23. The van der Waals surface area contributed by atoms with Gasteiger partial charge in [0.15, 0.2) is 11.8 Å². The fourth-order valence-corrected chi connectivity index (χ4v) is 2.18. The van der Waals surface area contributed by atoms with E-state index in [-0.39, 0.29) is 19.8 Å². The van der Waals surface area contributed by atoms with Crippen molar-refractivity contribution in [3.63, 3.8) is 0 Å². The third-order valence-corrected chi connectivity index (χ3v) is 3.17. The minimum Gasteiger partial charge on any atom is -0.462 e. The number of halogens is 3. The largest absolute Gasteiger partial charge is 0.462 e. The summed E-state index contributed by atoms with van der Waals surface area (Å²) < 4.78 is 49.8. The molecule has 1 fully saturated rings. The number of carbonyl (C=O) groups excluding carboxylic acids is 1. The molecule has 1 aliphatic rings. The lowest BCUT2D eigenvalue weighted by atomic mass is 10.2. The maximum Gasteiger partial charge on any atom is 0.436 e. The summed E-state index contributed by atoms with van der Waals surface area (Å²) in [5.41, 5.74) is -1.90. The molecule has 0 radical (unpaired) electrons. The summed E-state index contributed by atoms with van der Waals surface area (Å²) in [6, 6.07) is 1.95. The van der Waals surface area contributed by atoms with E-state index in [4.69, 9.17) is 10.00 Å². The summed E-state index contributed by atoms with van der Waals surface area (Å²) in [6.45, 7) is 2.50. The number of morpholine rings is 1. The smallest absolute Gasteiger partial charge is 0.436 e. The number of ether oxygens (including phenoxy) is 2. The molecule has 0 bridgehead atoms. The molecule has 0 aliphatic carbocycles. The van der Waals surface area contributed by atoms with Gasteiger partial charge in [-0.2, -0.15) is 23.5 Å². The summed E-state index contributed by atoms with van der Waals surface area (Å²) in [7, 11) is 0. The Bertz CT molecular complexity index is 609. The zero-order chi connectivity index (χ0) is 17.0. The highest BCUT2D eigenvalue weighted by Crippen LogP contribution is 2.31. The van der Waals surface area contributed by atoms with Crippen molar-refractivity contribution < 1.29 is 27.4 Å². The van der Waals surface area contributed by atoms with Crippen molar-refractivity contribution in [3.8, 4) is 6.07 Å². The molecule has 7 nitrogen and oxygen atoms in total. The molecule has 0 unspecified atom stereocenters. The first kappa shape index (κ1) is 17.2. The first-order valence-corrected chi connectivity index (χ1v) is 6.90. The molecule has 2 heterocycles. The van der Waals surface area contributed by atoms with E-state index in [0.717, 1.165) is 10.9 Å². The van der Waals surface area contributed by atoms with Crippen molar-refractivity contribution in [1.29, 1.82) is 5.26 Å². The van der Waals surface area contributed by atoms with Gasteiger partial charge in [0.05, 0.1) is 26.0 Å². The quantitative estimate of drug-likeness (QED) is 0.772. The number of esters is 1. The molecule has 1 aromatic rings. The lowest BCUT2D eigenvalue weighted by Gasteiger charge is -2.29. The molecule has 1 atom stereocenters. The van der Waals surface area contributed by atoms with E-state index >= 15 is 0 Å². The van der Waals surface area contributed by atoms with Gasteiger partial charge >= 0.3 is 12.1 Å². The third-order valence-electron chi connectivity index (χ3n) is 3.17. The minimum atomic E-state index is -4.76. The van der Waals surface area contributed by atoms with Crippen molar-refractivity contribution in [2.45, 2.75) is 25.9 Å². The molecule has 23 heavy (non-hydrogen) atoms. The zero-order valence-electron chi connectivity index (χ0n) is 12.3. The Labute approximate surface area is 130 Å². The first-order chi connectivity index (χ1) is 10.8. The Hall–Kier alpha value is -2.12. The molecule has 2 rings (SSSR count). The Balaban J connectivity index is 2.20. The number of hydrogen-bond acceptors (Lipinski definition) is 6. The molecule has 10 heteroatoms. The van der Waals surface area contributed by atoms with Crippen LogP contribution < -0.4 is 0 Å². The SMILES string of the molecule is CCOC(=O)c1cn(CN2CCO[C@@H](C#N)C2)nc1C(F)(F)F. The third kappa shape index (κ3) is 4.20. The van der Waals surface area contributed by atoms with Crippen LogP contribution in [-0.2, 0) is 22.3 Å². The topological polar surface area (TPSA) is 80.4 Å². The fourth-order valence-electron chi connectivity index (χ4n) is 2.18. The highest BCUT2D eigenvalue weighted by molar-refractivity contribution is 5.90. The van der Waals surface area contributed by atoms with Gasteiger partial charge in [-0.25, -0.2) is 4.79 Å². The molecular weight excluding hydrogens is 317 g/mol. The van der Waals surface area contributed by atoms with Crippen molar-refractivity contribution in [2.24, 2.45) is 0 Å². The summed E-state index contributed by atoms with van der Waals surface area (Å²) in [4.78, 5) is 13.4.